The molecule has 3 aromatic rings. The lowest BCUT2D eigenvalue weighted by Gasteiger charge is -2.21. The Morgan fingerprint density at radius 1 is 1.14 bits per heavy atom. The summed E-state index contributed by atoms with van der Waals surface area (Å²) in [4.78, 5) is 29.4. The van der Waals surface area contributed by atoms with Crippen LogP contribution >= 0.6 is 11.3 Å². The second-order valence-corrected chi connectivity index (χ2v) is 7.66. The Hall–Kier alpha value is -3.07. The molecule has 9 heteroatoms. The molecule has 1 unspecified atom stereocenters. The number of carbonyl (C=O) groups is 2. The largest absolute Gasteiger partial charge is 0.497 e. The van der Waals surface area contributed by atoms with Crippen LogP contribution in [0.2, 0.25) is 0 Å². The Bertz CT molecular complexity index is 1050. The number of anilines is 1. The molecule has 0 aliphatic carbocycles. The fourth-order valence-electron chi connectivity index (χ4n) is 2.73. The summed E-state index contributed by atoms with van der Waals surface area (Å²) in [5.74, 6) is -3.18. The van der Waals surface area contributed by atoms with Crippen LogP contribution in [-0.2, 0) is 4.79 Å². The molecule has 0 saturated heterocycles. The molecule has 1 heterocycles. The number of rotatable bonds is 6. The standard InChI is InChI=1S/C20H19F2N3O3S/c1-10(2)17(24-18(26)16-12(21)5-4-6-13(16)22)19(27)25-20-23-14-8-7-11(28-3)9-15(14)29-20/h4-10,17H,1-3H3,(H,24,26)(H,23,25,27). The van der Waals surface area contributed by atoms with E-state index in [1.807, 2.05) is 0 Å². The van der Waals surface area contributed by atoms with Crippen molar-refractivity contribution in [3.8, 4) is 5.75 Å². The molecule has 2 N–H and O–H groups in total. The van der Waals surface area contributed by atoms with E-state index in [4.69, 9.17) is 4.74 Å². The van der Waals surface area contributed by atoms with Gasteiger partial charge in [0.25, 0.3) is 5.91 Å². The molecular weight excluding hydrogens is 400 g/mol. The van der Waals surface area contributed by atoms with Crippen molar-refractivity contribution in [1.29, 1.82) is 0 Å². The molecule has 1 atom stereocenters. The zero-order valence-corrected chi connectivity index (χ0v) is 16.8. The number of ether oxygens (including phenoxy) is 1. The van der Waals surface area contributed by atoms with Gasteiger partial charge < -0.3 is 15.4 Å². The Kier molecular flexibility index (Phi) is 6.07. The van der Waals surface area contributed by atoms with Crippen molar-refractivity contribution in [2.75, 3.05) is 12.4 Å². The molecule has 6 nitrogen and oxygen atoms in total. The molecule has 29 heavy (non-hydrogen) atoms. The van der Waals surface area contributed by atoms with Crippen LogP contribution in [0.4, 0.5) is 13.9 Å². The van der Waals surface area contributed by atoms with Crippen molar-refractivity contribution >= 4 is 38.5 Å². The van der Waals surface area contributed by atoms with Crippen LogP contribution in [-0.4, -0.2) is 29.9 Å². The van der Waals surface area contributed by atoms with Gasteiger partial charge in [0.1, 0.15) is 29.0 Å². The zero-order chi connectivity index (χ0) is 21.1. The van der Waals surface area contributed by atoms with Gasteiger partial charge in [0, 0.05) is 0 Å². The number of thiazole rings is 1. The molecule has 0 saturated carbocycles. The number of methoxy groups -OCH3 is 1. The minimum atomic E-state index is -1.01. The average Bonchev–Trinajstić information content (AvgIpc) is 3.06. The van der Waals surface area contributed by atoms with Gasteiger partial charge in [-0.15, -0.1) is 0 Å². The number of aromatic nitrogens is 1. The Morgan fingerprint density at radius 2 is 1.83 bits per heavy atom. The van der Waals surface area contributed by atoms with E-state index < -0.39 is 35.1 Å². The molecule has 0 bridgehead atoms. The molecule has 3 rings (SSSR count). The first kappa shape index (κ1) is 20.7. The molecule has 0 spiro atoms. The summed E-state index contributed by atoms with van der Waals surface area (Å²) in [6.45, 7) is 3.43. The van der Waals surface area contributed by atoms with Crippen LogP contribution in [0, 0.1) is 17.6 Å². The lowest BCUT2D eigenvalue weighted by Crippen LogP contribution is -2.47. The van der Waals surface area contributed by atoms with E-state index in [0.717, 1.165) is 22.9 Å². The van der Waals surface area contributed by atoms with Gasteiger partial charge in [0.2, 0.25) is 5.91 Å². The minimum Gasteiger partial charge on any atom is -0.497 e. The van der Waals surface area contributed by atoms with Gasteiger partial charge in [-0.3, -0.25) is 9.59 Å². The Balaban J connectivity index is 1.78. The number of benzene rings is 2. The van der Waals surface area contributed by atoms with Crippen molar-refractivity contribution < 1.29 is 23.1 Å². The van der Waals surface area contributed by atoms with Gasteiger partial charge in [0.15, 0.2) is 5.13 Å². The number of fused-ring (bicyclic) bond motifs is 1. The second kappa shape index (κ2) is 8.52. The maximum atomic E-state index is 13.9. The maximum absolute atomic E-state index is 13.9. The fourth-order valence-corrected chi connectivity index (χ4v) is 3.63. The number of hydrogen-bond donors (Lipinski definition) is 2. The lowest BCUT2D eigenvalue weighted by atomic mass is 10.0. The Labute approximate surface area is 169 Å². The van der Waals surface area contributed by atoms with Gasteiger partial charge >= 0.3 is 0 Å². The van der Waals surface area contributed by atoms with Crippen LogP contribution in [0.25, 0.3) is 10.2 Å². The third-order valence-electron chi connectivity index (χ3n) is 4.25. The molecule has 0 radical (unpaired) electrons. The quantitative estimate of drug-likeness (QED) is 0.634. The van der Waals surface area contributed by atoms with Gasteiger partial charge in [-0.1, -0.05) is 31.3 Å². The number of carbonyl (C=O) groups excluding carboxylic acids is 2. The number of nitrogens with one attached hydrogen (secondary N) is 2. The fraction of sp³-hybridized carbons (Fsp3) is 0.250. The molecule has 0 aliphatic heterocycles. The zero-order valence-electron chi connectivity index (χ0n) is 16.0. The number of hydrogen-bond acceptors (Lipinski definition) is 5. The molecule has 0 fully saturated rings. The van der Waals surface area contributed by atoms with Gasteiger partial charge in [-0.25, -0.2) is 13.8 Å². The third-order valence-corrected chi connectivity index (χ3v) is 5.18. The average molecular weight is 419 g/mol. The van der Waals surface area contributed by atoms with Crippen LogP contribution in [0.1, 0.15) is 24.2 Å². The molecule has 2 aromatic carbocycles. The Morgan fingerprint density at radius 3 is 2.45 bits per heavy atom. The third kappa shape index (κ3) is 4.51. The summed E-state index contributed by atoms with van der Waals surface area (Å²) in [6, 6.07) is 7.44. The van der Waals surface area contributed by atoms with E-state index in [-0.39, 0.29) is 5.92 Å². The first-order chi connectivity index (χ1) is 13.8. The molecular formula is C20H19F2N3O3S. The predicted octanol–water partition coefficient (Wildman–Crippen LogP) is 3.98. The smallest absolute Gasteiger partial charge is 0.257 e. The van der Waals surface area contributed by atoms with E-state index in [1.165, 1.54) is 11.3 Å². The van der Waals surface area contributed by atoms with Crippen LogP contribution in [0.5, 0.6) is 5.75 Å². The SMILES string of the molecule is COc1ccc2nc(NC(=O)C(NC(=O)c3c(F)cccc3F)C(C)C)sc2c1. The van der Waals surface area contributed by atoms with Crippen molar-refractivity contribution in [1.82, 2.24) is 10.3 Å². The topological polar surface area (TPSA) is 80.3 Å². The lowest BCUT2D eigenvalue weighted by molar-refractivity contribution is -0.118. The molecule has 1 aromatic heterocycles. The first-order valence-corrected chi connectivity index (χ1v) is 9.62. The molecule has 152 valence electrons. The highest BCUT2D eigenvalue weighted by Gasteiger charge is 2.28. The normalized spacial score (nSPS) is 12.1. The van der Waals surface area contributed by atoms with Crippen molar-refractivity contribution in [2.45, 2.75) is 19.9 Å². The highest BCUT2D eigenvalue weighted by atomic mass is 32.1. The van der Waals surface area contributed by atoms with Crippen molar-refractivity contribution in [3.63, 3.8) is 0 Å². The number of nitrogens with zero attached hydrogens (tertiary/aromatic N) is 1. The van der Waals surface area contributed by atoms with Crippen LogP contribution < -0.4 is 15.4 Å². The summed E-state index contributed by atoms with van der Waals surface area (Å²) in [6.07, 6.45) is 0. The van der Waals surface area contributed by atoms with E-state index >= 15 is 0 Å². The van der Waals surface area contributed by atoms with Crippen molar-refractivity contribution in [3.05, 3.63) is 53.6 Å². The maximum Gasteiger partial charge on any atom is 0.257 e. The van der Waals surface area contributed by atoms with Gasteiger partial charge in [-0.05, 0) is 36.2 Å². The summed E-state index contributed by atoms with van der Waals surface area (Å²) >= 11 is 1.25. The summed E-state index contributed by atoms with van der Waals surface area (Å²) < 4.78 is 33.7. The van der Waals surface area contributed by atoms with Crippen LogP contribution in [0.3, 0.4) is 0 Å². The van der Waals surface area contributed by atoms with Crippen LogP contribution in [0.15, 0.2) is 36.4 Å². The van der Waals surface area contributed by atoms with E-state index in [0.29, 0.717) is 16.4 Å². The summed E-state index contributed by atoms with van der Waals surface area (Å²) in [5.41, 5.74) is -0.0392. The van der Waals surface area contributed by atoms with E-state index in [1.54, 1.807) is 39.2 Å². The van der Waals surface area contributed by atoms with E-state index in [2.05, 4.69) is 15.6 Å². The van der Waals surface area contributed by atoms with Gasteiger partial charge in [-0.2, -0.15) is 0 Å². The molecule has 0 aliphatic rings. The molecule has 2 amide bonds. The van der Waals surface area contributed by atoms with E-state index in [9.17, 15) is 18.4 Å². The highest BCUT2D eigenvalue weighted by molar-refractivity contribution is 7.22. The van der Waals surface area contributed by atoms with Gasteiger partial charge in [0.05, 0.1) is 17.3 Å². The monoisotopic (exact) mass is 419 g/mol. The number of halogens is 2. The van der Waals surface area contributed by atoms with Crippen molar-refractivity contribution in [2.24, 2.45) is 5.92 Å². The minimum absolute atomic E-state index is 0.330. The second-order valence-electron chi connectivity index (χ2n) is 6.63. The predicted molar refractivity (Wildman–Crippen MR) is 107 cm³/mol. The highest BCUT2D eigenvalue weighted by Crippen LogP contribution is 2.29. The summed E-state index contributed by atoms with van der Waals surface area (Å²) in [5, 5.41) is 5.42. The summed E-state index contributed by atoms with van der Waals surface area (Å²) in [7, 11) is 1.55. The number of amides is 2. The first-order valence-electron chi connectivity index (χ1n) is 8.80.